The van der Waals surface area contributed by atoms with Crippen molar-refractivity contribution < 1.29 is 0 Å². The molecule has 1 fully saturated rings. The maximum atomic E-state index is 4.22. The van der Waals surface area contributed by atoms with Crippen molar-refractivity contribution in [2.75, 3.05) is 25.0 Å². The Morgan fingerprint density at radius 2 is 2.08 bits per heavy atom. The molecule has 1 aliphatic heterocycles. The number of halogens is 1. The van der Waals surface area contributed by atoms with E-state index < -0.39 is 0 Å². The van der Waals surface area contributed by atoms with E-state index in [1.165, 1.54) is 0 Å². The molecule has 13 heavy (non-hydrogen) atoms. The zero-order chi connectivity index (χ0) is 9.26. The van der Waals surface area contributed by atoms with Gasteiger partial charge in [-0.1, -0.05) is 0 Å². The lowest BCUT2D eigenvalue weighted by atomic mass is 10.1. The van der Waals surface area contributed by atoms with Crippen LogP contribution in [-0.4, -0.2) is 36.1 Å². The molecule has 0 spiro atoms. The highest BCUT2D eigenvalue weighted by molar-refractivity contribution is 9.10. The Morgan fingerprint density at radius 3 is 2.54 bits per heavy atom. The van der Waals surface area contributed by atoms with E-state index in [0.29, 0.717) is 6.04 Å². The van der Waals surface area contributed by atoms with Crippen molar-refractivity contribution in [3.8, 4) is 0 Å². The second-order valence-electron chi connectivity index (χ2n) is 3.12. The fourth-order valence-electron chi connectivity index (χ4n) is 1.20. The lowest BCUT2D eigenvalue weighted by Crippen LogP contribution is -2.56. The van der Waals surface area contributed by atoms with Gasteiger partial charge in [-0.15, -0.1) is 0 Å². The van der Waals surface area contributed by atoms with E-state index in [9.17, 15) is 0 Å². The predicted octanol–water partition coefficient (Wildman–Crippen LogP) is 0.647. The Kier molecular flexibility index (Phi) is 2.46. The second kappa shape index (κ2) is 3.59. The SMILES string of the molecule is CN(c1ncc(Br)cn1)C1CNC1. The van der Waals surface area contributed by atoms with Crippen molar-refractivity contribution >= 4 is 21.9 Å². The largest absolute Gasteiger partial charge is 0.338 e. The van der Waals surface area contributed by atoms with Crippen LogP contribution in [0.25, 0.3) is 0 Å². The van der Waals surface area contributed by atoms with Crippen LogP contribution in [0, 0.1) is 0 Å². The molecule has 0 amide bonds. The number of likely N-dealkylation sites (N-methyl/N-ethyl adjacent to an activating group) is 1. The topological polar surface area (TPSA) is 41.1 Å². The molecule has 0 radical (unpaired) electrons. The highest BCUT2D eigenvalue weighted by Gasteiger charge is 2.22. The van der Waals surface area contributed by atoms with Crippen LogP contribution in [0.4, 0.5) is 5.95 Å². The average molecular weight is 243 g/mol. The summed E-state index contributed by atoms with van der Waals surface area (Å²) in [5.74, 6) is 0.787. The van der Waals surface area contributed by atoms with Gasteiger partial charge in [0.2, 0.25) is 5.95 Å². The minimum atomic E-state index is 0.543. The molecule has 5 heteroatoms. The van der Waals surface area contributed by atoms with Crippen molar-refractivity contribution in [2.24, 2.45) is 0 Å². The smallest absolute Gasteiger partial charge is 0.225 e. The molecule has 1 aliphatic rings. The molecule has 1 aromatic rings. The molecule has 0 bridgehead atoms. The van der Waals surface area contributed by atoms with E-state index in [0.717, 1.165) is 23.5 Å². The van der Waals surface area contributed by atoms with Crippen LogP contribution >= 0.6 is 15.9 Å². The van der Waals surface area contributed by atoms with Crippen LogP contribution in [0.5, 0.6) is 0 Å². The third-order valence-electron chi connectivity index (χ3n) is 2.23. The molecule has 2 heterocycles. The number of hydrogen-bond acceptors (Lipinski definition) is 4. The van der Waals surface area contributed by atoms with Crippen LogP contribution in [0.2, 0.25) is 0 Å². The van der Waals surface area contributed by atoms with Gasteiger partial charge in [0.15, 0.2) is 0 Å². The number of nitrogens with zero attached hydrogens (tertiary/aromatic N) is 3. The predicted molar refractivity (Wildman–Crippen MR) is 54.8 cm³/mol. The summed E-state index contributed by atoms with van der Waals surface area (Å²) >= 11 is 3.31. The van der Waals surface area contributed by atoms with Crippen LogP contribution in [0.1, 0.15) is 0 Å². The average Bonchev–Trinajstić information content (AvgIpc) is 2.02. The van der Waals surface area contributed by atoms with Crippen molar-refractivity contribution in [1.29, 1.82) is 0 Å². The number of anilines is 1. The van der Waals surface area contributed by atoms with Crippen molar-refractivity contribution in [3.63, 3.8) is 0 Å². The number of hydrogen-bond donors (Lipinski definition) is 1. The maximum Gasteiger partial charge on any atom is 0.225 e. The van der Waals surface area contributed by atoms with Crippen molar-refractivity contribution in [2.45, 2.75) is 6.04 Å². The highest BCUT2D eigenvalue weighted by Crippen LogP contribution is 2.13. The summed E-state index contributed by atoms with van der Waals surface area (Å²) in [6.45, 7) is 2.05. The molecule has 0 atom stereocenters. The summed E-state index contributed by atoms with van der Waals surface area (Å²) in [5, 5.41) is 3.22. The van der Waals surface area contributed by atoms with Crippen molar-refractivity contribution in [3.05, 3.63) is 16.9 Å². The van der Waals surface area contributed by atoms with Gasteiger partial charge in [-0.05, 0) is 15.9 Å². The minimum Gasteiger partial charge on any atom is -0.338 e. The van der Waals surface area contributed by atoms with Gasteiger partial charge < -0.3 is 10.2 Å². The molecule has 1 N–H and O–H groups in total. The van der Waals surface area contributed by atoms with Gasteiger partial charge in [0.25, 0.3) is 0 Å². The number of nitrogens with one attached hydrogen (secondary N) is 1. The van der Waals surface area contributed by atoms with Gasteiger partial charge in [0.05, 0.1) is 10.5 Å². The molecule has 0 aliphatic carbocycles. The van der Waals surface area contributed by atoms with E-state index in [2.05, 4.69) is 36.1 Å². The van der Waals surface area contributed by atoms with Gasteiger partial charge in [0.1, 0.15) is 0 Å². The highest BCUT2D eigenvalue weighted by atomic mass is 79.9. The second-order valence-corrected chi connectivity index (χ2v) is 4.04. The summed E-state index contributed by atoms with van der Waals surface area (Å²) in [7, 11) is 2.02. The Balaban J connectivity index is 2.10. The Morgan fingerprint density at radius 1 is 1.46 bits per heavy atom. The minimum absolute atomic E-state index is 0.543. The summed E-state index contributed by atoms with van der Waals surface area (Å²) in [5.41, 5.74) is 0. The first kappa shape index (κ1) is 8.90. The van der Waals surface area contributed by atoms with Crippen molar-refractivity contribution in [1.82, 2.24) is 15.3 Å². The fraction of sp³-hybridized carbons (Fsp3) is 0.500. The third kappa shape index (κ3) is 1.81. The fourth-order valence-corrected chi connectivity index (χ4v) is 1.40. The first-order valence-electron chi connectivity index (χ1n) is 4.18. The maximum absolute atomic E-state index is 4.22. The summed E-state index contributed by atoms with van der Waals surface area (Å²) in [4.78, 5) is 10.5. The molecule has 4 nitrogen and oxygen atoms in total. The Hall–Kier alpha value is -0.680. The Labute approximate surface area is 85.5 Å². The monoisotopic (exact) mass is 242 g/mol. The number of aromatic nitrogens is 2. The summed E-state index contributed by atoms with van der Waals surface area (Å²) < 4.78 is 0.913. The molecule has 0 aromatic carbocycles. The van der Waals surface area contributed by atoms with Crippen LogP contribution in [0.3, 0.4) is 0 Å². The molecular weight excluding hydrogens is 232 g/mol. The van der Waals surface area contributed by atoms with E-state index in [1.54, 1.807) is 12.4 Å². The number of rotatable bonds is 2. The van der Waals surface area contributed by atoms with E-state index in [-0.39, 0.29) is 0 Å². The standard InChI is InChI=1S/C8H11BrN4/c1-13(7-4-10-5-7)8-11-2-6(9)3-12-8/h2-3,7,10H,4-5H2,1H3. The third-order valence-corrected chi connectivity index (χ3v) is 2.64. The summed E-state index contributed by atoms with van der Waals surface area (Å²) in [6.07, 6.45) is 3.54. The van der Waals surface area contributed by atoms with E-state index in [1.807, 2.05) is 7.05 Å². The quantitative estimate of drug-likeness (QED) is 0.827. The van der Waals surface area contributed by atoms with Crippen LogP contribution < -0.4 is 10.2 Å². The van der Waals surface area contributed by atoms with Gasteiger partial charge in [-0.25, -0.2) is 9.97 Å². The molecule has 1 aromatic heterocycles. The normalized spacial score (nSPS) is 16.8. The van der Waals surface area contributed by atoms with Gasteiger partial charge >= 0.3 is 0 Å². The molecule has 2 rings (SSSR count). The van der Waals surface area contributed by atoms with Gasteiger partial charge in [-0.3, -0.25) is 0 Å². The lowest BCUT2D eigenvalue weighted by molar-refractivity contribution is 0.424. The zero-order valence-electron chi connectivity index (χ0n) is 7.37. The van der Waals surface area contributed by atoms with E-state index in [4.69, 9.17) is 0 Å². The molecule has 0 saturated carbocycles. The molecule has 0 unspecified atom stereocenters. The first-order chi connectivity index (χ1) is 6.27. The van der Waals surface area contributed by atoms with Crippen LogP contribution in [-0.2, 0) is 0 Å². The van der Waals surface area contributed by atoms with Crippen LogP contribution in [0.15, 0.2) is 16.9 Å². The zero-order valence-corrected chi connectivity index (χ0v) is 8.95. The van der Waals surface area contributed by atoms with Gasteiger partial charge in [-0.2, -0.15) is 0 Å². The van der Waals surface area contributed by atoms with E-state index >= 15 is 0 Å². The molecule has 70 valence electrons. The molecular formula is C8H11BrN4. The molecule has 1 saturated heterocycles. The van der Waals surface area contributed by atoms with Gasteiger partial charge in [0, 0.05) is 32.5 Å². The Bertz CT molecular complexity index is 283. The lowest BCUT2D eigenvalue weighted by Gasteiger charge is -2.35. The summed E-state index contributed by atoms with van der Waals surface area (Å²) in [6, 6.07) is 0.543. The first-order valence-corrected chi connectivity index (χ1v) is 4.98.